The first-order valence-corrected chi connectivity index (χ1v) is 8.19. The zero-order valence-electron chi connectivity index (χ0n) is 14.4. The van der Waals surface area contributed by atoms with Crippen molar-refractivity contribution in [1.82, 2.24) is 0 Å². The molecule has 6 heteroatoms. The minimum absolute atomic E-state index is 0. The maximum absolute atomic E-state index is 10.8. The predicted octanol–water partition coefficient (Wildman–Crippen LogP) is -0.971. The first-order valence-electron chi connectivity index (χ1n) is 8.19. The van der Waals surface area contributed by atoms with Gasteiger partial charge in [0.1, 0.15) is 12.1 Å². The van der Waals surface area contributed by atoms with E-state index in [4.69, 9.17) is 14.2 Å². The van der Waals surface area contributed by atoms with E-state index in [9.17, 15) is 9.90 Å². The molecule has 0 radical (unpaired) electrons. The SMILES string of the molecule is CCCCCCCCCCOCC1COC(C)(C(=O)[O-])O1.[Na+]. The molecule has 2 unspecified atom stereocenters. The number of carboxylic acid groups (broad SMARTS) is 1. The van der Waals surface area contributed by atoms with Crippen LogP contribution in [-0.2, 0) is 19.0 Å². The summed E-state index contributed by atoms with van der Waals surface area (Å²) >= 11 is 0. The summed E-state index contributed by atoms with van der Waals surface area (Å²) in [4.78, 5) is 10.8. The molecule has 0 aromatic carbocycles. The smallest absolute Gasteiger partial charge is 0.544 e. The summed E-state index contributed by atoms with van der Waals surface area (Å²) < 4.78 is 15.9. The molecule has 5 nitrogen and oxygen atoms in total. The molecule has 0 aromatic rings. The van der Waals surface area contributed by atoms with Gasteiger partial charge in [-0.25, -0.2) is 0 Å². The Bertz CT molecular complexity index is 300. The molecule has 1 saturated heterocycles. The van der Waals surface area contributed by atoms with Crippen LogP contribution in [0.15, 0.2) is 0 Å². The first-order chi connectivity index (χ1) is 10.1. The van der Waals surface area contributed by atoms with Crippen molar-refractivity contribution in [2.24, 2.45) is 0 Å². The third-order valence-corrected chi connectivity index (χ3v) is 3.75. The molecule has 1 fully saturated rings. The first kappa shape index (κ1) is 22.4. The third kappa shape index (κ3) is 8.85. The van der Waals surface area contributed by atoms with Crippen LogP contribution in [0.3, 0.4) is 0 Å². The molecular weight excluding hydrogens is 295 g/mol. The molecule has 0 N–H and O–H groups in total. The van der Waals surface area contributed by atoms with E-state index in [-0.39, 0.29) is 42.3 Å². The minimum atomic E-state index is -1.62. The molecular formula is C16H29NaO5. The van der Waals surface area contributed by atoms with Crippen LogP contribution < -0.4 is 34.7 Å². The quantitative estimate of drug-likeness (QED) is 0.341. The maximum Gasteiger partial charge on any atom is 1.00 e. The van der Waals surface area contributed by atoms with Gasteiger partial charge in [0, 0.05) is 6.61 Å². The Labute approximate surface area is 156 Å². The molecule has 124 valence electrons. The Morgan fingerprint density at radius 3 is 2.32 bits per heavy atom. The second-order valence-electron chi connectivity index (χ2n) is 5.83. The molecule has 0 saturated carbocycles. The van der Waals surface area contributed by atoms with Gasteiger partial charge in [-0.3, -0.25) is 0 Å². The molecule has 0 aliphatic carbocycles. The summed E-state index contributed by atoms with van der Waals surface area (Å²) in [5.41, 5.74) is 0. The van der Waals surface area contributed by atoms with Gasteiger partial charge in [0.15, 0.2) is 0 Å². The third-order valence-electron chi connectivity index (χ3n) is 3.75. The van der Waals surface area contributed by atoms with Crippen molar-refractivity contribution in [3.05, 3.63) is 0 Å². The summed E-state index contributed by atoms with van der Waals surface area (Å²) in [5.74, 6) is -2.96. The molecule has 0 amide bonds. The number of hydrogen-bond acceptors (Lipinski definition) is 5. The van der Waals surface area contributed by atoms with E-state index in [1.807, 2.05) is 0 Å². The van der Waals surface area contributed by atoms with E-state index in [0.29, 0.717) is 13.2 Å². The molecule has 0 aromatic heterocycles. The fourth-order valence-corrected chi connectivity index (χ4v) is 2.38. The van der Waals surface area contributed by atoms with Crippen molar-refractivity contribution < 1.29 is 53.7 Å². The Balaban J connectivity index is 0.00000441. The van der Waals surface area contributed by atoms with Gasteiger partial charge in [0.2, 0.25) is 5.79 Å². The van der Waals surface area contributed by atoms with Gasteiger partial charge in [-0.05, 0) is 13.3 Å². The van der Waals surface area contributed by atoms with Crippen molar-refractivity contribution >= 4 is 5.97 Å². The topological polar surface area (TPSA) is 67.8 Å². The summed E-state index contributed by atoms with van der Waals surface area (Å²) in [7, 11) is 0. The summed E-state index contributed by atoms with van der Waals surface area (Å²) in [5, 5.41) is 10.8. The van der Waals surface area contributed by atoms with Crippen LogP contribution in [0.4, 0.5) is 0 Å². The average molecular weight is 324 g/mol. The Hall–Kier alpha value is 0.350. The predicted molar refractivity (Wildman–Crippen MR) is 77.7 cm³/mol. The van der Waals surface area contributed by atoms with Gasteiger partial charge < -0.3 is 24.1 Å². The van der Waals surface area contributed by atoms with Gasteiger partial charge in [-0.15, -0.1) is 0 Å². The largest absolute Gasteiger partial charge is 1.00 e. The van der Waals surface area contributed by atoms with Gasteiger partial charge in [0.25, 0.3) is 0 Å². The molecule has 1 aliphatic heterocycles. The molecule has 1 aliphatic rings. The van der Waals surface area contributed by atoms with E-state index in [1.54, 1.807) is 0 Å². The minimum Gasteiger partial charge on any atom is -0.544 e. The number of carbonyl (C=O) groups excluding carboxylic acids is 1. The monoisotopic (exact) mass is 324 g/mol. The standard InChI is InChI=1S/C16H30O5.Na/c1-3-4-5-6-7-8-9-10-11-19-12-14-13-20-16(2,21-14)15(17)18;/h14H,3-13H2,1-2H3,(H,17,18);/q;+1/p-1. The molecule has 0 bridgehead atoms. The Morgan fingerprint density at radius 1 is 1.18 bits per heavy atom. The second-order valence-corrected chi connectivity index (χ2v) is 5.83. The number of unbranched alkanes of at least 4 members (excludes halogenated alkanes) is 7. The zero-order valence-corrected chi connectivity index (χ0v) is 16.4. The molecule has 0 spiro atoms. The van der Waals surface area contributed by atoms with E-state index in [1.165, 1.54) is 51.9 Å². The summed E-state index contributed by atoms with van der Waals surface area (Å²) in [6.07, 6.45) is 9.80. The van der Waals surface area contributed by atoms with Crippen LogP contribution in [-0.4, -0.2) is 37.7 Å². The van der Waals surface area contributed by atoms with Crippen LogP contribution >= 0.6 is 0 Å². The zero-order chi connectivity index (χ0) is 15.6. The fourth-order valence-electron chi connectivity index (χ4n) is 2.38. The number of hydrogen-bond donors (Lipinski definition) is 0. The van der Waals surface area contributed by atoms with Crippen LogP contribution in [0.1, 0.15) is 65.2 Å². The van der Waals surface area contributed by atoms with E-state index in [0.717, 1.165) is 6.42 Å². The normalized spacial score (nSPS) is 24.2. The number of carbonyl (C=O) groups is 1. The molecule has 2 atom stereocenters. The van der Waals surface area contributed by atoms with Gasteiger partial charge in [-0.2, -0.15) is 0 Å². The van der Waals surface area contributed by atoms with Crippen molar-refractivity contribution in [2.45, 2.75) is 77.1 Å². The van der Waals surface area contributed by atoms with E-state index >= 15 is 0 Å². The maximum atomic E-state index is 10.8. The number of aliphatic carboxylic acids is 1. The van der Waals surface area contributed by atoms with E-state index < -0.39 is 11.8 Å². The second kappa shape index (κ2) is 12.7. The van der Waals surface area contributed by atoms with Gasteiger partial charge in [-0.1, -0.05) is 51.9 Å². The van der Waals surface area contributed by atoms with Gasteiger partial charge >= 0.3 is 29.6 Å². The summed E-state index contributed by atoms with van der Waals surface area (Å²) in [6.45, 7) is 4.89. The Kier molecular flexibility index (Phi) is 12.9. The van der Waals surface area contributed by atoms with Crippen LogP contribution in [0.2, 0.25) is 0 Å². The average Bonchev–Trinajstić information content (AvgIpc) is 2.84. The number of ether oxygens (including phenoxy) is 3. The van der Waals surface area contributed by atoms with Crippen molar-refractivity contribution in [2.75, 3.05) is 19.8 Å². The fraction of sp³-hybridized carbons (Fsp3) is 0.938. The molecule has 1 rings (SSSR count). The number of rotatable bonds is 12. The van der Waals surface area contributed by atoms with Crippen LogP contribution in [0.25, 0.3) is 0 Å². The van der Waals surface area contributed by atoms with E-state index in [2.05, 4.69) is 6.92 Å². The van der Waals surface area contributed by atoms with Crippen LogP contribution in [0, 0.1) is 0 Å². The number of carboxylic acids is 1. The van der Waals surface area contributed by atoms with Crippen LogP contribution in [0.5, 0.6) is 0 Å². The van der Waals surface area contributed by atoms with Gasteiger partial charge in [0.05, 0.1) is 13.2 Å². The van der Waals surface area contributed by atoms with Crippen molar-refractivity contribution in [1.29, 1.82) is 0 Å². The van der Waals surface area contributed by atoms with Crippen molar-refractivity contribution in [3.63, 3.8) is 0 Å². The van der Waals surface area contributed by atoms with Crippen molar-refractivity contribution in [3.8, 4) is 0 Å². The molecule has 22 heavy (non-hydrogen) atoms. The molecule has 1 heterocycles. The Morgan fingerprint density at radius 2 is 1.77 bits per heavy atom. The summed E-state index contributed by atoms with van der Waals surface area (Å²) in [6, 6.07) is 0.